The number of halogens is 1. The molecule has 0 radical (unpaired) electrons. The summed E-state index contributed by atoms with van der Waals surface area (Å²) in [7, 11) is 0. The molecule has 2 aliphatic rings. The van der Waals surface area contributed by atoms with Crippen molar-refractivity contribution in [3.8, 4) is 0 Å². The van der Waals surface area contributed by atoms with Crippen molar-refractivity contribution in [1.29, 1.82) is 0 Å². The lowest BCUT2D eigenvalue weighted by Gasteiger charge is -2.28. The van der Waals surface area contributed by atoms with Crippen LogP contribution in [0.3, 0.4) is 0 Å². The Balaban J connectivity index is 0.00000144. The number of hydrogen-bond acceptors (Lipinski definition) is 2. The summed E-state index contributed by atoms with van der Waals surface area (Å²) in [5.74, 6) is 1.29. The van der Waals surface area contributed by atoms with E-state index >= 15 is 0 Å². The average molecular weight is 261 g/mol. The third kappa shape index (κ3) is 4.84. The predicted molar refractivity (Wildman–Crippen MR) is 72.4 cm³/mol. The summed E-state index contributed by atoms with van der Waals surface area (Å²) in [6, 6.07) is 0. The Bertz CT molecular complexity index is 223. The Labute approximate surface area is 111 Å². The maximum atomic E-state index is 12.0. The van der Waals surface area contributed by atoms with E-state index < -0.39 is 0 Å². The van der Waals surface area contributed by atoms with E-state index in [1.807, 2.05) is 0 Å². The number of carbonyl (C=O) groups is 1. The lowest BCUT2D eigenvalue weighted by atomic mass is 9.90. The molecule has 17 heavy (non-hydrogen) atoms. The van der Waals surface area contributed by atoms with Gasteiger partial charge >= 0.3 is 0 Å². The van der Waals surface area contributed by atoms with Crippen molar-refractivity contribution >= 4 is 18.3 Å². The zero-order chi connectivity index (χ0) is 11.2. The fraction of sp³-hybridized carbons (Fsp3) is 0.923. The molecule has 0 spiro atoms. The zero-order valence-corrected chi connectivity index (χ0v) is 11.4. The molecule has 1 aliphatic heterocycles. The average Bonchev–Trinajstić information content (AvgIpc) is 2.14. The molecule has 0 bridgehead atoms. The van der Waals surface area contributed by atoms with Crippen LogP contribution in [-0.2, 0) is 4.79 Å². The topological polar surface area (TPSA) is 41.1 Å². The van der Waals surface area contributed by atoms with Crippen molar-refractivity contribution in [1.82, 2.24) is 10.6 Å². The largest absolute Gasteiger partial charge is 0.355 e. The van der Waals surface area contributed by atoms with Gasteiger partial charge in [-0.15, -0.1) is 12.4 Å². The van der Waals surface area contributed by atoms with E-state index in [1.165, 1.54) is 32.1 Å². The van der Waals surface area contributed by atoms with Gasteiger partial charge < -0.3 is 10.6 Å². The molecule has 1 heterocycles. The van der Waals surface area contributed by atoms with Crippen LogP contribution in [0, 0.1) is 11.8 Å². The molecule has 3 nitrogen and oxygen atoms in total. The molecule has 2 fully saturated rings. The lowest BCUT2D eigenvalue weighted by molar-refractivity contribution is -0.125. The summed E-state index contributed by atoms with van der Waals surface area (Å²) in [6.07, 6.45) is 8.68. The molecule has 0 unspecified atom stereocenters. The molecule has 1 aliphatic carbocycles. The van der Waals surface area contributed by atoms with Gasteiger partial charge in [0.05, 0.1) is 0 Å². The first-order chi connectivity index (χ1) is 7.86. The molecule has 0 atom stereocenters. The van der Waals surface area contributed by atoms with Crippen molar-refractivity contribution in [2.24, 2.45) is 11.8 Å². The molecule has 0 aromatic heterocycles. The van der Waals surface area contributed by atoms with Crippen LogP contribution in [0.5, 0.6) is 0 Å². The molecule has 0 aromatic carbocycles. The van der Waals surface area contributed by atoms with Gasteiger partial charge in [-0.3, -0.25) is 4.79 Å². The fourth-order valence-corrected chi connectivity index (χ4v) is 2.60. The van der Waals surface area contributed by atoms with Gasteiger partial charge in [0.15, 0.2) is 0 Å². The Hall–Kier alpha value is -0.280. The molecule has 0 aromatic rings. The predicted octanol–water partition coefficient (Wildman–Crippen LogP) is 2.10. The summed E-state index contributed by atoms with van der Waals surface area (Å²) in [4.78, 5) is 12.0. The highest BCUT2D eigenvalue weighted by Gasteiger charge is 2.22. The van der Waals surface area contributed by atoms with E-state index in [1.54, 1.807) is 0 Å². The van der Waals surface area contributed by atoms with Gasteiger partial charge in [0.25, 0.3) is 0 Å². The van der Waals surface area contributed by atoms with Crippen LogP contribution in [-0.4, -0.2) is 25.5 Å². The monoisotopic (exact) mass is 260 g/mol. The third-order valence-corrected chi connectivity index (χ3v) is 3.91. The van der Waals surface area contributed by atoms with E-state index in [4.69, 9.17) is 0 Å². The van der Waals surface area contributed by atoms with Crippen LogP contribution in [0.15, 0.2) is 0 Å². The van der Waals surface area contributed by atoms with E-state index in [-0.39, 0.29) is 12.4 Å². The third-order valence-electron chi connectivity index (χ3n) is 3.91. The van der Waals surface area contributed by atoms with Gasteiger partial charge in [0, 0.05) is 31.5 Å². The molecular formula is C13H25ClN2O. The normalized spacial score (nSPS) is 22.8. The quantitative estimate of drug-likeness (QED) is 0.816. The van der Waals surface area contributed by atoms with Crippen LogP contribution in [0.4, 0.5) is 0 Å². The molecule has 2 N–H and O–H groups in total. The van der Waals surface area contributed by atoms with Gasteiger partial charge in [-0.25, -0.2) is 0 Å². The van der Waals surface area contributed by atoms with Crippen LogP contribution >= 0.6 is 12.4 Å². The maximum absolute atomic E-state index is 12.0. The minimum absolute atomic E-state index is 0. The molecule has 2 rings (SSSR count). The zero-order valence-electron chi connectivity index (χ0n) is 10.5. The van der Waals surface area contributed by atoms with E-state index in [2.05, 4.69) is 10.6 Å². The minimum Gasteiger partial charge on any atom is -0.355 e. The minimum atomic E-state index is 0. The Morgan fingerprint density at radius 2 is 1.65 bits per heavy atom. The summed E-state index contributed by atoms with van der Waals surface area (Å²) >= 11 is 0. The van der Waals surface area contributed by atoms with Crippen molar-refractivity contribution in [2.75, 3.05) is 19.6 Å². The van der Waals surface area contributed by atoms with Crippen LogP contribution in [0.25, 0.3) is 0 Å². The maximum Gasteiger partial charge on any atom is 0.223 e. The first kappa shape index (κ1) is 14.8. The summed E-state index contributed by atoms with van der Waals surface area (Å²) in [5.41, 5.74) is 0. The SMILES string of the molecule is Cl.O=C(NCC1CNC1)C1CCCCCCC1. The van der Waals surface area contributed by atoms with Gasteiger partial charge in [-0.1, -0.05) is 32.1 Å². The van der Waals surface area contributed by atoms with Gasteiger partial charge in [0.1, 0.15) is 0 Å². The number of amides is 1. The summed E-state index contributed by atoms with van der Waals surface area (Å²) < 4.78 is 0. The molecular weight excluding hydrogens is 236 g/mol. The van der Waals surface area contributed by atoms with E-state index in [0.717, 1.165) is 32.5 Å². The molecule has 100 valence electrons. The Morgan fingerprint density at radius 1 is 1.06 bits per heavy atom. The van der Waals surface area contributed by atoms with Crippen molar-refractivity contribution in [3.05, 3.63) is 0 Å². The Kier molecular flexibility index (Phi) is 6.90. The van der Waals surface area contributed by atoms with Crippen LogP contribution in [0.2, 0.25) is 0 Å². The fourth-order valence-electron chi connectivity index (χ4n) is 2.60. The first-order valence-electron chi connectivity index (χ1n) is 6.84. The number of carbonyl (C=O) groups excluding carboxylic acids is 1. The number of nitrogens with one attached hydrogen (secondary N) is 2. The second-order valence-corrected chi connectivity index (χ2v) is 5.31. The second-order valence-electron chi connectivity index (χ2n) is 5.31. The van der Waals surface area contributed by atoms with E-state index in [9.17, 15) is 4.79 Å². The second kappa shape index (κ2) is 7.93. The van der Waals surface area contributed by atoms with Crippen LogP contribution < -0.4 is 10.6 Å². The smallest absolute Gasteiger partial charge is 0.223 e. The van der Waals surface area contributed by atoms with Crippen molar-refractivity contribution < 1.29 is 4.79 Å². The van der Waals surface area contributed by atoms with Crippen molar-refractivity contribution in [2.45, 2.75) is 44.9 Å². The van der Waals surface area contributed by atoms with Gasteiger partial charge in [-0.2, -0.15) is 0 Å². The molecule has 1 saturated carbocycles. The summed E-state index contributed by atoms with van der Waals surface area (Å²) in [5, 5.41) is 6.36. The number of hydrogen-bond donors (Lipinski definition) is 2. The molecule has 1 amide bonds. The first-order valence-corrected chi connectivity index (χ1v) is 6.84. The standard InChI is InChI=1S/C13H24N2O.ClH/c16-13(15-10-11-8-14-9-11)12-6-4-2-1-3-5-7-12;/h11-12,14H,1-10H2,(H,15,16);1H. The van der Waals surface area contributed by atoms with Gasteiger partial charge in [-0.05, 0) is 12.8 Å². The number of rotatable bonds is 3. The molecule has 1 saturated heterocycles. The Morgan fingerprint density at radius 3 is 2.18 bits per heavy atom. The van der Waals surface area contributed by atoms with Crippen LogP contribution in [0.1, 0.15) is 44.9 Å². The molecule has 4 heteroatoms. The highest BCUT2D eigenvalue weighted by Crippen LogP contribution is 2.22. The summed E-state index contributed by atoms with van der Waals surface area (Å²) in [6.45, 7) is 3.03. The van der Waals surface area contributed by atoms with Gasteiger partial charge in [0.2, 0.25) is 5.91 Å². The van der Waals surface area contributed by atoms with E-state index in [0.29, 0.717) is 17.7 Å². The lowest BCUT2D eigenvalue weighted by Crippen LogP contribution is -2.49. The van der Waals surface area contributed by atoms with Crippen molar-refractivity contribution in [3.63, 3.8) is 0 Å². The highest BCUT2D eigenvalue weighted by molar-refractivity contribution is 5.85. The highest BCUT2D eigenvalue weighted by atomic mass is 35.5.